The van der Waals surface area contributed by atoms with Gasteiger partial charge in [0.15, 0.2) is 11.5 Å². The van der Waals surface area contributed by atoms with Crippen molar-refractivity contribution in [2.24, 2.45) is 5.10 Å². The molecule has 4 rings (SSSR count). The number of morpholine rings is 1. The number of nitrogens with zero attached hydrogens (tertiary/aromatic N) is 2. The summed E-state index contributed by atoms with van der Waals surface area (Å²) >= 11 is 3.49. The Hall–Kier alpha value is -2.58. The summed E-state index contributed by atoms with van der Waals surface area (Å²) in [6.45, 7) is 2.88. The highest BCUT2D eigenvalue weighted by molar-refractivity contribution is 9.10. The first-order valence-corrected chi connectivity index (χ1v) is 8.94. The van der Waals surface area contributed by atoms with Crippen molar-refractivity contribution in [2.75, 3.05) is 31.2 Å². The van der Waals surface area contributed by atoms with Crippen LogP contribution >= 0.6 is 15.9 Å². The third-order valence-electron chi connectivity index (χ3n) is 3.99. The quantitative estimate of drug-likeness (QED) is 0.519. The van der Waals surface area contributed by atoms with Crippen LogP contribution in [0.2, 0.25) is 0 Å². The topological polar surface area (TPSA) is 80.2 Å². The highest BCUT2D eigenvalue weighted by atomic mass is 79.9. The highest BCUT2D eigenvalue weighted by Crippen LogP contribution is 2.30. The Morgan fingerprint density at radius 1 is 1.19 bits per heavy atom. The van der Waals surface area contributed by atoms with Gasteiger partial charge in [-0.15, -0.1) is 0 Å². The number of amides is 1. The molecule has 1 amide bonds. The van der Waals surface area contributed by atoms with Crippen molar-refractivity contribution in [3.05, 3.63) is 52.4 Å². The van der Waals surface area contributed by atoms with Crippen LogP contribution in [-0.2, 0) is 4.74 Å². The molecule has 1 fully saturated rings. The average Bonchev–Trinajstić information content (AvgIpc) is 3.26. The average molecular weight is 418 g/mol. The maximum atomic E-state index is 12.1. The Morgan fingerprint density at radius 3 is 2.81 bits per heavy atom. The first kappa shape index (κ1) is 16.9. The third-order valence-corrected chi connectivity index (χ3v) is 4.56. The zero-order valence-electron chi connectivity index (χ0n) is 13.8. The Balaban J connectivity index is 1.42. The number of hydrazone groups is 1. The molecule has 0 spiro atoms. The molecule has 3 aromatic rings. The van der Waals surface area contributed by atoms with Gasteiger partial charge in [-0.05, 0) is 28.1 Å². The minimum absolute atomic E-state index is 0.206. The molecule has 134 valence electrons. The Labute approximate surface area is 157 Å². The van der Waals surface area contributed by atoms with Crippen LogP contribution in [-0.4, -0.2) is 38.4 Å². The van der Waals surface area contributed by atoms with Gasteiger partial charge in [0.1, 0.15) is 5.58 Å². The summed E-state index contributed by atoms with van der Waals surface area (Å²) in [5.74, 6) is 1.05. The van der Waals surface area contributed by atoms with E-state index in [1.165, 1.54) is 6.21 Å². The van der Waals surface area contributed by atoms with Crippen molar-refractivity contribution in [1.82, 2.24) is 5.43 Å². The molecule has 1 saturated heterocycles. The number of para-hydroxylation sites is 1. The number of nitrogens with one attached hydrogen (secondary N) is 1. The lowest BCUT2D eigenvalue weighted by Gasteiger charge is -2.26. The van der Waals surface area contributed by atoms with Crippen molar-refractivity contribution in [3.8, 4) is 0 Å². The predicted octanol–water partition coefficient (Wildman–Crippen LogP) is 3.39. The number of carbonyl (C=O) groups is 1. The van der Waals surface area contributed by atoms with E-state index in [4.69, 9.17) is 13.6 Å². The van der Waals surface area contributed by atoms with Gasteiger partial charge >= 0.3 is 5.91 Å². The lowest BCUT2D eigenvalue weighted by Crippen LogP contribution is -2.36. The number of halogens is 1. The van der Waals surface area contributed by atoms with Gasteiger partial charge in [0.2, 0.25) is 5.88 Å². The van der Waals surface area contributed by atoms with E-state index >= 15 is 0 Å². The Kier molecular flexibility index (Phi) is 4.77. The molecule has 0 atom stereocenters. The van der Waals surface area contributed by atoms with Gasteiger partial charge < -0.3 is 18.5 Å². The smallest absolute Gasteiger partial charge is 0.307 e. The van der Waals surface area contributed by atoms with Gasteiger partial charge in [-0.2, -0.15) is 5.10 Å². The van der Waals surface area contributed by atoms with E-state index in [2.05, 4.69) is 31.4 Å². The van der Waals surface area contributed by atoms with Crippen LogP contribution in [0.25, 0.3) is 11.0 Å². The summed E-state index contributed by atoms with van der Waals surface area (Å²) in [6, 6.07) is 10.9. The molecule has 0 aliphatic carbocycles. The van der Waals surface area contributed by atoms with Crippen LogP contribution in [0.1, 0.15) is 16.3 Å². The van der Waals surface area contributed by atoms with Gasteiger partial charge in [0, 0.05) is 24.5 Å². The summed E-state index contributed by atoms with van der Waals surface area (Å²) in [4.78, 5) is 14.2. The predicted molar refractivity (Wildman–Crippen MR) is 101 cm³/mol. The zero-order chi connectivity index (χ0) is 17.9. The fourth-order valence-corrected chi connectivity index (χ4v) is 3.28. The largest absolute Gasteiger partial charge is 0.451 e. The second kappa shape index (κ2) is 7.35. The number of fused-ring (bicyclic) bond motifs is 1. The SMILES string of the molecule is O=C(N/N=C/c1cc(Br)c(N2CCOCC2)o1)c1cc2ccccc2o1. The second-order valence-electron chi connectivity index (χ2n) is 5.75. The molecular formula is C18H16BrN3O4. The molecule has 3 heterocycles. The zero-order valence-corrected chi connectivity index (χ0v) is 15.4. The maximum Gasteiger partial charge on any atom is 0.307 e. The lowest BCUT2D eigenvalue weighted by molar-refractivity contribution is 0.0929. The number of furan rings is 2. The summed E-state index contributed by atoms with van der Waals surface area (Å²) in [7, 11) is 0. The van der Waals surface area contributed by atoms with Crippen LogP contribution in [0, 0.1) is 0 Å². The molecule has 8 heteroatoms. The summed E-state index contributed by atoms with van der Waals surface area (Å²) in [5.41, 5.74) is 3.10. The van der Waals surface area contributed by atoms with Gasteiger partial charge in [0.05, 0.1) is 23.9 Å². The molecule has 1 aliphatic rings. The summed E-state index contributed by atoms with van der Waals surface area (Å²) in [5, 5.41) is 4.81. The molecular weight excluding hydrogens is 402 g/mol. The van der Waals surface area contributed by atoms with E-state index < -0.39 is 5.91 Å². The number of hydrogen-bond donors (Lipinski definition) is 1. The highest BCUT2D eigenvalue weighted by Gasteiger charge is 2.18. The molecule has 0 radical (unpaired) electrons. The van der Waals surface area contributed by atoms with E-state index in [1.54, 1.807) is 6.07 Å². The number of carbonyl (C=O) groups excluding carboxylic acids is 1. The summed E-state index contributed by atoms with van der Waals surface area (Å²) in [6.07, 6.45) is 1.45. The fraction of sp³-hybridized carbons (Fsp3) is 0.222. The number of hydrogen-bond acceptors (Lipinski definition) is 6. The van der Waals surface area contributed by atoms with Crippen LogP contribution < -0.4 is 10.3 Å². The third kappa shape index (κ3) is 3.51. The second-order valence-corrected chi connectivity index (χ2v) is 6.60. The van der Waals surface area contributed by atoms with Gasteiger partial charge in [0.25, 0.3) is 0 Å². The monoisotopic (exact) mass is 417 g/mol. The number of ether oxygens (including phenoxy) is 1. The Morgan fingerprint density at radius 2 is 2.00 bits per heavy atom. The van der Waals surface area contributed by atoms with Crippen LogP contribution in [0.4, 0.5) is 5.88 Å². The summed E-state index contributed by atoms with van der Waals surface area (Å²) < 4.78 is 17.5. The first-order chi connectivity index (χ1) is 12.7. The number of benzene rings is 1. The molecule has 1 aliphatic heterocycles. The molecule has 1 N–H and O–H groups in total. The lowest BCUT2D eigenvalue weighted by atomic mass is 10.2. The minimum Gasteiger partial charge on any atom is -0.451 e. The van der Waals surface area contributed by atoms with E-state index in [0.717, 1.165) is 28.8 Å². The van der Waals surface area contributed by atoms with E-state index in [0.29, 0.717) is 24.6 Å². The fourth-order valence-electron chi connectivity index (χ4n) is 2.73. The molecule has 0 unspecified atom stereocenters. The van der Waals surface area contributed by atoms with Crippen LogP contribution in [0.15, 0.2) is 54.8 Å². The van der Waals surface area contributed by atoms with E-state index in [1.807, 2.05) is 30.3 Å². The maximum absolute atomic E-state index is 12.1. The van der Waals surface area contributed by atoms with Crippen molar-refractivity contribution in [1.29, 1.82) is 0 Å². The minimum atomic E-state index is -0.420. The van der Waals surface area contributed by atoms with Crippen LogP contribution in [0.5, 0.6) is 0 Å². The number of rotatable bonds is 4. The normalized spacial score (nSPS) is 15.0. The van der Waals surface area contributed by atoms with E-state index in [9.17, 15) is 4.79 Å². The van der Waals surface area contributed by atoms with Crippen molar-refractivity contribution >= 4 is 44.9 Å². The van der Waals surface area contributed by atoms with E-state index in [-0.39, 0.29) is 5.76 Å². The van der Waals surface area contributed by atoms with Gasteiger partial charge in [-0.3, -0.25) is 4.79 Å². The molecule has 2 aromatic heterocycles. The van der Waals surface area contributed by atoms with Gasteiger partial charge in [-0.1, -0.05) is 18.2 Å². The standard InChI is InChI=1S/C18H16BrN3O4/c19-14-10-13(25-18(14)22-5-7-24-8-6-22)11-20-21-17(23)16-9-12-3-1-2-4-15(12)26-16/h1-4,9-11H,5-8H2,(H,21,23)/b20-11+. The van der Waals surface area contributed by atoms with Crippen molar-refractivity contribution in [3.63, 3.8) is 0 Å². The van der Waals surface area contributed by atoms with Crippen molar-refractivity contribution in [2.45, 2.75) is 0 Å². The molecule has 26 heavy (non-hydrogen) atoms. The van der Waals surface area contributed by atoms with Crippen molar-refractivity contribution < 1.29 is 18.4 Å². The van der Waals surface area contributed by atoms with Gasteiger partial charge in [-0.25, -0.2) is 5.43 Å². The molecule has 1 aromatic carbocycles. The first-order valence-electron chi connectivity index (χ1n) is 8.15. The number of anilines is 1. The Bertz CT molecular complexity index is 923. The van der Waals surface area contributed by atoms with Crippen LogP contribution in [0.3, 0.4) is 0 Å². The molecule has 7 nitrogen and oxygen atoms in total. The molecule has 0 saturated carbocycles. The molecule has 0 bridgehead atoms.